The highest BCUT2D eigenvalue weighted by Crippen LogP contribution is 2.06. The fourth-order valence-corrected chi connectivity index (χ4v) is 1.99. The maximum atomic E-state index is 12.0. The Morgan fingerprint density at radius 2 is 2.35 bits per heavy atom. The summed E-state index contributed by atoms with van der Waals surface area (Å²) in [6.45, 7) is 5.05. The molecule has 6 nitrogen and oxygen atoms in total. The largest absolute Gasteiger partial charge is 0.354 e. The summed E-state index contributed by atoms with van der Waals surface area (Å²) < 4.78 is 3.42. The first kappa shape index (κ1) is 14.6. The molecule has 1 amide bonds. The zero-order valence-corrected chi connectivity index (χ0v) is 12.3. The van der Waals surface area contributed by atoms with Crippen LogP contribution < -0.4 is 5.32 Å². The van der Waals surface area contributed by atoms with Crippen molar-refractivity contribution in [2.75, 3.05) is 6.54 Å². The predicted octanol–water partition coefficient (Wildman–Crippen LogP) is 1.81. The van der Waals surface area contributed by atoms with Crippen molar-refractivity contribution >= 4 is 17.5 Å². The van der Waals surface area contributed by atoms with Crippen LogP contribution in [0.15, 0.2) is 24.7 Å². The summed E-state index contributed by atoms with van der Waals surface area (Å²) in [5.74, 6) is -0.0356. The number of hydrogen-bond acceptors (Lipinski definition) is 3. The molecular formula is C13H18ClN5O. The van der Waals surface area contributed by atoms with Crippen LogP contribution in [0.25, 0.3) is 0 Å². The van der Waals surface area contributed by atoms with Gasteiger partial charge in [-0.15, -0.1) is 0 Å². The summed E-state index contributed by atoms with van der Waals surface area (Å²) in [4.78, 5) is 12.0. The van der Waals surface area contributed by atoms with Gasteiger partial charge in [-0.2, -0.15) is 10.2 Å². The van der Waals surface area contributed by atoms with E-state index in [1.165, 1.54) is 0 Å². The van der Waals surface area contributed by atoms with Crippen molar-refractivity contribution in [3.8, 4) is 0 Å². The molecular weight excluding hydrogens is 278 g/mol. The molecule has 0 fully saturated rings. The van der Waals surface area contributed by atoms with Crippen LogP contribution in [0.3, 0.4) is 0 Å². The second-order valence-corrected chi connectivity index (χ2v) is 5.12. The number of rotatable bonds is 6. The molecule has 0 aliphatic heterocycles. The molecule has 7 heteroatoms. The number of carbonyl (C=O) groups is 1. The van der Waals surface area contributed by atoms with E-state index in [0.717, 1.165) is 18.7 Å². The molecule has 2 heterocycles. The standard InChI is InChI=1S/C13H18ClN5O/c1-10-4-7-19(17-10)11(2)13(20)15-5-3-6-18-9-12(14)8-16-18/h4,7-9,11H,3,5-6H2,1-2H3,(H,15,20). The van der Waals surface area contributed by atoms with Gasteiger partial charge in [0.05, 0.1) is 16.9 Å². The lowest BCUT2D eigenvalue weighted by Crippen LogP contribution is -2.32. The molecule has 2 rings (SSSR count). The van der Waals surface area contributed by atoms with E-state index in [0.29, 0.717) is 11.6 Å². The van der Waals surface area contributed by atoms with Gasteiger partial charge in [0.25, 0.3) is 0 Å². The molecule has 108 valence electrons. The van der Waals surface area contributed by atoms with Crippen molar-refractivity contribution in [2.45, 2.75) is 32.9 Å². The summed E-state index contributed by atoms with van der Waals surface area (Å²) >= 11 is 5.77. The van der Waals surface area contributed by atoms with E-state index in [-0.39, 0.29) is 11.9 Å². The molecule has 0 aliphatic carbocycles. The van der Waals surface area contributed by atoms with E-state index in [1.54, 1.807) is 21.8 Å². The molecule has 2 aromatic heterocycles. The van der Waals surface area contributed by atoms with Gasteiger partial charge in [0.2, 0.25) is 5.91 Å². The van der Waals surface area contributed by atoms with E-state index in [1.807, 2.05) is 26.1 Å². The van der Waals surface area contributed by atoms with Crippen molar-refractivity contribution in [2.24, 2.45) is 0 Å². The first-order valence-electron chi connectivity index (χ1n) is 6.53. The fourth-order valence-electron chi connectivity index (χ4n) is 1.83. The van der Waals surface area contributed by atoms with Crippen LogP contribution in [0.1, 0.15) is 25.1 Å². The van der Waals surface area contributed by atoms with Gasteiger partial charge in [0, 0.05) is 25.5 Å². The van der Waals surface area contributed by atoms with Crippen LogP contribution in [-0.4, -0.2) is 32.0 Å². The molecule has 0 saturated carbocycles. The Bertz CT molecular complexity index is 577. The Balaban J connectivity index is 1.72. The second kappa shape index (κ2) is 6.56. The zero-order chi connectivity index (χ0) is 14.5. The lowest BCUT2D eigenvalue weighted by molar-refractivity contribution is -0.124. The summed E-state index contributed by atoms with van der Waals surface area (Å²) in [5, 5.41) is 11.8. The predicted molar refractivity (Wildman–Crippen MR) is 76.5 cm³/mol. The molecule has 1 unspecified atom stereocenters. The number of carbonyl (C=O) groups excluding carboxylic acids is 1. The smallest absolute Gasteiger partial charge is 0.244 e. The Labute approximate surface area is 122 Å². The molecule has 1 atom stereocenters. The Morgan fingerprint density at radius 3 is 2.95 bits per heavy atom. The van der Waals surface area contributed by atoms with Crippen molar-refractivity contribution in [1.29, 1.82) is 0 Å². The number of aromatic nitrogens is 4. The molecule has 2 aromatic rings. The van der Waals surface area contributed by atoms with Gasteiger partial charge in [-0.25, -0.2) is 0 Å². The molecule has 0 saturated heterocycles. The minimum absolute atomic E-state index is 0.0356. The lowest BCUT2D eigenvalue weighted by atomic mass is 10.3. The zero-order valence-electron chi connectivity index (χ0n) is 11.6. The minimum Gasteiger partial charge on any atom is -0.354 e. The summed E-state index contributed by atoms with van der Waals surface area (Å²) in [7, 11) is 0. The van der Waals surface area contributed by atoms with E-state index < -0.39 is 0 Å². The van der Waals surface area contributed by atoms with Crippen molar-refractivity contribution in [3.63, 3.8) is 0 Å². The van der Waals surface area contributed by atoms with Crippen LogP contribution >= 0.6 is 11.6 Å². The Hall–Kier alpha value is -1.82. The normalized spacial score (nSPS) is 12.3. The van der Waals surface area contributed by atoms with Crippen LogP contribution in [0.2, 0.25) is 5.02 Å². The summed E-state index contributed by atoms with van der Waals surface area (Å²) in [6, 6.07) is 1.58. The maximum absolute atomic E-state index is 12.0. The first-order chi connectivity index (χ1) is 9.56. The van der Waals surface area contributed by atoms with Gasteiger partial charge in [-0.1, -0.05) is 11.6 Å². The van der Waals surface area contributed by atoms with Crippen molar-refractivity contribution in [1.82, 2.24) is 24.9 Å². The topological polar surface area (TPSA) is 64.7 Å². The quantitative estimate of drug-likeness (QED) is 0.827. The van der Waals surface area contributed by atoms with Crippen LogP contribution in [0, 0.1) is 6.92 Å². The summed E-state index contributed by atoms with van der Waals surface area (Å²) in [5.41, 5.74) is 0.903. The van der Waals surface area contributed by atoms with Crippen LogP contribution in [0.5, 0.6) is 0 Å². The highest BCUT2D eigenvalue weighted by molar-refractivity contribution is 6.30. The third-order valence-electron chi connectivity index (χ3n) is 2.98. The van der Waals surface area contributed by atoms with Gasteiger partial charge in [0.1, 0.15) is 6.04 Å². The van der Waals surface area contributed by atoms with Gasteiger partial charge in [-0.3, -0.25) is 14.2 Å². The number of amides is 1. The third-order valence-corrected chi connectivity index (χ3v) is 3.18. The van der Waals surface area contributed by atoms with Crippen LogP contribution in [-0.2, 0) is 11.3 Å². The number of hydrogen-bond donors (Lipinski definition) is 1. The van der Waals surface area contributed by atoms with Gasteiger partial charge < -0.3 is 5.32 Å². The monoisotopic (exact) mass is 295 g/mol. The number of halogens is 1. The third kappa shape index (κ3) is 3.84. The Kier molecular flexibility index (Phi) is 4.79. The average molecular weight is 296 g/mol. The SMILES string of the molecule is Cc1ccn(C(C)C(=O)NCCCn2cc(Cl)cn2)n1. The molecule has 0 aromatic carbocycles. The molecule has 0 bridgehead atoms. The maximum Gasteiger partial charge on any atom is 0.244 e. The second-order valence-electron chi connectivity index (χ2n) is 4.68. The highest BCUT2D eigenvalue weighted by atomic mass is 35.5. The molecule has 0 radical (unpaired) electrons. The molecule has 0 spiro atoms. The number of aryl methyl sites for hydroxylation is 2. The summed E-state index contributed by atoms with van der Waals surface area (Å²) in [6.07, 6.45) is 5.97. The average Bonchev–Trinajstić information content (AvgIpc) is 3.02. The first-order valence-corrected chi connectivity index (χ1v) is 6.91. The van der Waals surface area contributed by atoms with E-state index in [2.05, 4.69) is 15.5 Å². The minimum atomic E-state index is -0.303. The lowest BCUT2D eigenvalue weighted by Gasteiger charge is -2.12. The number of nitrogens with zero attached hydrogens (tertiary/aromatic N) is 4. The van der Waals surface area contributed by atoms with E-state index >= 15 is 0 Å². The highest BCUT2D eigenvalue weighted by Gasteiger charge is 2.14. The molecule has 0 aliphatic rings. The number of nitrogens with one attached hydrogen (secondary N) is 1. The van der Waals surface area contributed by atoms with E-state index in [9.17, 15) is 4.79 Å². The fraction of sp³-hybridized carbons (Fsp3) is 0.462. The van der Waals surface area contributed by atoms with E-state index in [4.69, 9.17) is 11.6 Å². The molecule has 20 heavy (non-hydrogen) atoms. The van der Waals surface area contributed by atoms with Gasteiger partial charge >= 0.3 is 0 Å². The van der Waals surface area contributed by atoms with Gasteiger partial charge in [-0.05, 0) is 26.3 Å². The Morgan fingerprint density at radius 1 is 1.55 bits per heavy atom. The van der Waals surface area contributed by atoms with Crippen molar-refractivity contribution < 1.29 is 4.79 Å². The van der Waals surface area contributed by atoms with Gasteiger partial charge in [0.15, 0.2) is 0 Å². The van der Waals surface area contributed by atoms with Crippen LogP contribution in [0.4, 0.5) is 0 Å². The van der Waals surface area contributed by atoms with Crippen molar-refractivity contribution in [3.05, 3.63) is 35.4 Å². The molecule has 1 N–H and O–H groups in total.